The Bertz CT molecular complexity index is 1000. The summed E-state index contributed by atoms with van der Waals surface area (Å²) < 4.78 is 0. The first-order chi connectivity index (χ1) is 14.5. The van der Waals surface area contributed by atoms with Crippen LogP contribution < -0.4 is 5.32 Å². The third-order valence-electron chi connectivity index (χ3n) is 6.80. The molecule has 2 fully saturated rings. The standard InChI is InChI=1S/C25H27N3O2/c1-17-7-9-19-11-18(14-26-24(19)27-17)8-10-23(29)28-15-20-12-25(30,13-21(20)16-28)22-5-3-2-4-6-22/h2-6,8,10-11,14,20-21,30H,1,7,9,12-13,15-16H2,(H,26,27)/b10-8+/t20-,21+,25?. The molecule has 2 aliphatic heterocycles. The Morgan fingerprint density at radius 2 is 1.93 bits per heavy atom. The number of carbonyl (C=O) groups excluding carboxylic acids is 1. The molecule has 1 aliphatic carbocycles. The molecule has 30 heavy (non-hydrogen) atoms. The minimum atomic E-state index is -0.754. The van der Waals surface area contributed by atoms with Gasteiger partial charge in [-0.25, -0.2) is 4.98 Å². The number of anilines is 1. The third-order valence-corrected chi connectivity index (χ3v) is 6.80. The van der Waals surface area contributed by atoms with Crippen LogP contribution in [0.15, 0.2) is 60.9 Å². The normalized spacial score (nSPS) is 27.8. The van der Waals surface area contributed by atoms with E-state index in [1.165, 1.54) is 0 Å². The van der Waals surface area contributed by atoms with Crippen LogP contribution in [0.3, 0.4) is 0 Å². The predicted octanol–water partition coefficient (Wildman–Crippen LogP) is 3.72. The number of likely N-dealkylation sites (tertiary alicyclic amines) is 1. The number of pyridine rings is 1. The molecular weight excluding hydrogens is 374 g/mol. The summed E-state index contributed by atoms with van der Waals surface area (Å²) in [6.07, 6.45) is 8.57. The van der Waals surface area contributed by atoms with Crippen LogP contribution in [0.5, 0.6) is 0 Å². The molecule has 0 bridgehead atoms. The zero-order chi connectivity index (χ0) is 20.7. The van der Waals surface area contributed by atoms with Gasteiger partial charge in [-0.05, 0) is 66.4 Å². The maximum atomic E-state index is 12.7. The van der Waals surface area contributed by atoms with Gasteiger partial charge in [-0.2, -0.15) is 0 Å². The van der Waals surface area contributed by atoms with Crippen molar-refractivity contribution in [3.05, 3.63) is 77.6 Å². The fraction of sp³-hybridized carbons (Fsp3) is 0.360. The van der Waals surface area contributed by atoms with Crippen LogP contribution in [0.4, 0.5) is 5.82 Å². The fourth-order valence-electron chi connectivity index (χ4n) is 5.23. The van der Waals surface area contributed by atoms with Crippen LogP contribution in [0.1, 0.15) is 36.0 Å². The molecule has 0 radical (unpaired) electrons. The zero-order valence-corrected chi connectivity index (χ0v) is 17.1. The Labute approximate surface area is 177 Å². The van der Waals surface area contributed by atoms with Gasteiger partial charge >= 0.3 is 0 Å². The van der Waals surface area contributed by atoms with Crippen molar-refractivity contribution in [1.29, 1.82) is 0 Å². The highest BCUT2D eigenvalue weighted by atomic mass is 16.3. The number of allylic oxidation sites excluding steroid dienone is 1. The number of carbonyl (C=O) groups is 1. The molecule has 1 aromatic heterocycles. The maximum Gasteiger partial charge on any atom is 0.246 e. The number of benzene rings is 1. The lowest BCUT2D eigenvalue weighted by molar-refractivity contribution is -0.125. The van der Waals surface area contributed by atoms with E-state index in [4.69, 9.17) is 0 Å². The monoisotopic (exact) mass is 401 g/mol. The van der Waals surface area contributed by atoms with E-state index in [1.807, 2.05) is 41.3 Å². The van der Waals surface area contributed by atoms with Gasteiger partial charge in [-0.3, -0.25) is 4.79 Å². The first-order valence-corrected chi connectivity index (χ1v) is 10.7. The van der Waals surface area contributed by atoms with Crippen molar-refractivity contribution in [3.8, 4) is 0 Å². The van der Waals surface area contributed by atoms with Gasteiger partial charge < -0.3 is 15.3 Å². The van der Waals surface area contributed by atoms with Crippen molar-refractivity contribution in [1.82, 2.24) is 9.88 Å². The SMILES string of the molecule is C=C1CCc2cc(/C=C/C(=O)N3C[C@@H]4CC(O)(c5ccccc5)C[C@@H]4C3)cnc2N1. The van der Waals surface area contributed by atoms with Crippen LogP contribution in [0, 0.1) is 11.8 Å². The van der Waals surface area contributed by atoms with E-state index in [1.54, 1.807) is 12.3 Å². The molecule has 5 rings (SSSR count). The Hall–Kier alpha value is -2.92. The topological polar surface area (TPSA) is 65.5 Å². The molecule has 1 saturated heterocycles. The Morgan fingerprint density at radius 1 is 1.20 bits per heavy atom. The Balaban J connectivity index is 1.22. The Kier molecular flexibility index (Phi) is 4.70. The lowest BCUT2D eigenvalue weighted by atomic mass is 9.90. The summed E-state index contributed by atoms with van der Waals surface area (Å²) in [5.74, 6) is 1.62. The quantitative estimate of drug-likeness (QED) is 0.770. The van der Waals surface area contributed by atoms with E-state index in [9.17, 15) is 9.90 Å². The number of hydrogen-bond donors (Lipinski definition) is 2. The fourth-order valence-corrected chi connectivity index (χ4v) is 5.23. The van der Waals surface area contributed by atoms with Crippen molar-refractivity contribution in [2.75, 3.05) is 18.4 Å². The van der Waals surface area contributed by atoms with E-state index >= 15 is 0 Å². The second-order valence-electron chi connectivity index (χ2n) is 8.91. The molecule has 3 atom stereocenters. The average Bonchev–Trinajstić information content (AvgIpc) is 3.28. The lowest BCUT2D eigenvalue weighted by Gasteiger charge is -2.26. The van der Waals surface area contributed by atoms with E-state index in [2.05, 4.69) is 22.9 Å². The summed E-state index contributed by atoms with van der Waals surface area (Å²) in [5, 5.41) is 14.3. The molecule has 5 heteroatoms. The van der Waals surface area contributed by atoms with Gasteiger partial charge in [0.2, 0.25) is 5.91 Å². The summed E-state index contributed by atoms with van der Waals surface area (Å²) in [4.78, 5) is 19.1. The third kappa shape index (κ3) is 3.54. The zero-order valence-electron chi connectivity index (χ0n) is 17.1. The van der Waals surface area contributed by atoms with E-state index in [-0.39, 0.29) is 5.91 Å². The number of rotatable bonds is 3. The second kappa shape index (κ2) is 7.40. The van der Waals surface area contributed by atoms with Crippen molar-refractivity contribution >= 4 is 17.8 Å². The lowest BCUT2D eigenvalue weighted by Crippen LogP contribution is -2.31. The van der Waals surface area contributed by atoms with Gasteiger partial charge in [0.05, 0.1) is 5.60 Å². The molecule has 2 aromatic rings. The summed E-state index contributed by atoms with van der Waals surface area (Å²) in [6.45, 7) is 5.40. The predicted molar refractivity (Wildman–Crippen MR) is 117 cm³/mol. The molecule has 154 valence electrons. The van der Waals surface area contributed by atoms with Gasteiger partial charge in [0, 0.05) is 31.1 Å². The van der Waals surface area contributed by atoms with Gasteiger partial charge in [0.15, 0.2) is 0 Å². The second-order valence-corrected chi connectivity index (χ2v) is 8.91. The number of hydrogen-bond acceptors (Lipinski definition) is 4. The van der Waals surface area contributed by atoms with Gasteiger partial charge in [0.25, 0.3) is 0 Å². The number of fused-ring (bicyclic) bond motifs is 2. The molecule has 1 unspecified atom stereocenters. The molecule has 3 aliphatic rings. The minimum absolute atomic E-state index is 0.0388. The largest absolute Gasteiger partial charge is 0.385 e. The maximum absolute atomic E-state index is 12.7. The Morgan fingerprint density at radius 3 is 2.67 bits per heavy atom. The van der Waals surface area contributed by atoms with Crippen molar-refractivity contribution in [3.63, 3.8) is 0 Å². The first-order valence-electron chi connectivity index (χ1n) is 10.7. The van der Waals surface area contributed by atoms with Crippen LogP contribution >= 0.6 is 0 Å². The number of aromatic nitrogens is 1. The summed E-state index contributed by atoms with van der Waals surface area (Å²) in [5.41, 5.74) is 3.33. The molecular formula is C25H27N3O2. The number of nitrogens with zero attached hydrogens (tertiary/aromatic N) is 2. The van der Waals surface area contributed by atoms with Crippen LogP contribution in [-0.4, -0.2) is 34.0 Å². The summed E-state index contributed by atoms with van der Waals surface area (Å²) in [6, 6.07) is 12.0. The van der Waals surface area contributed by atoms with Crippen LogP contribution in [-0.2, 0) is 16.8 Å². The number of aliphatic hydroxyl groups is 1. The van der Waals surface area contributed by atoms with Gasteiger partial charge in [0.1, 0.15) is 5.82 Å². The molecule has 1 aromatic carbocycles. The highest BCUT2D eigenvalue weighted by Crippen LogP contribution is 2.48. The van der Waals surface area contributed by atoms with Crippen molar-refractivity contribution in [2.24, 2.45) is 11.8 Å². The molecule has 2 N–H and O–H groups in total. The van der Waals surface area contributed by atoms with Gasteiger partial charge in [-0.15, -0.1) is 0 Å². The smallest absolute Gasteiger partial charge is 0.246 e. The highest BCUT2D eigenvalue weighted by molar-refractivity contribution is 5.92. The van der Waals surface area contributed by atoms with Crippen molar-refractivity contribution < 1.29 is 9.90 Å². The molecule has 1 saturated carbocycles. The average molecular weight is 402 g/mol. The highest BCUT2D eigenvalue weighted by Gasteiger charge is 2.49. The van der Waals surface area contributed by atoms with E-state index < -0.39 is 5.60 Å². The number of nitrogens with one attached hydrogen (secondary N) is 1. The first kappa shape index (κ1) is 19.1. The van der Waals surface area contributed by atoms with E-state index in [0.717, 1.165) is 67.0 Å². The molecule has 1 amide bonds. The minimum Gasteiger partial charge on any atom is -0.385 e. The number of aryl methyl sites for hydroxylation is 1. The molecule has 5 nitrogen and oxygen atoms in total. The number of amides is 1. The van der Waals surface area contributed by atoms with Gasteiger partial charge in [-0.1, -0.05) is 36.9 Å². The van der Waals surface area contributed by atoms with Crippen molar-refractivity contribution in [2.45, 2.75) is 31.3 Å². The summed E-state index contributed by atoms with van der Waals surface area (Å²) >= 11 is 0. The van der Waals surface area contributed by atoms with Crippen LogP contribution in [0.2, 0.25) is 0 Å². The molecule has 0 spiro atoms. The van der Waals surface area contributed by atoms with Crippen LogP contribution in [0.25, 0.3) is 6.08 Å². The molecule has 3 heterocycles. The van der Waals surface area contributed by atoms with E-state index in [0.29, 0.717) is 11.8 Å². The summed E-state index contributed by atoms with van der Waals surface area (Å²) in [7, 11) is 0.